The molecule has 2 aliphatic rings. The first-order chi connectivity index (χ1) is 17.8. The van der Waals surface area contributed by atoms with Gasteiger partial charge in [0, 0.05) is 17.1 Å². The molecule has 1 aromatic heterocycles. The van der Waals surface area contributed by atoms with Crippen LogP contribution in [0.3, 0.4) is 0 Å². The van der Waals surface area contributed by atoms with Crippen molar-refractivity contribution in [3.63, 3.8) is 0 Å². The third-order valence-electron chi connectivity index (χ3n) is 6.08. The molecule has 4 aromatic rings. The monoisotopic (exact) mass is 541 g/mol. The van der Waals surface area contributed by atoms with Crippen LogP contribution in [0.2, 0.25) is 0 Å². The van der Waals surface area contributed by atoms with E-state index in [2.05, 4.69) is 109 Å². The van der Waals surface area contributed by atoms with Crippen molar-refractivity contribution in [3.8, 4) is 11.3 Å². The summed E-state index contributed by atoms with van der Waals surface area (Å²) in [6.45, 7) is 2.20. The maximum absolute atomic E-state index is 4.47. The van der Waals surface area contributed by atoms with Gasteiger partial charge in [-0.15, -0.1) is 5.10 Å². The van der Waals surface area contributed by atoms with Crippen molar-refractivity contribution in [1.82, 2.24) is 15.0 Å². The van der Waals surface area contributed by atoms with Crippen molar-refractivity contribution in [1.29, 1.82) is 0 Å². The van der Waals surface area contributed by atoms with Crippen LogP contribution in [0, 0.1) is 62.9 Å². The molecule has 0 unspecified atom stereocenters. The zero-order valence-corrected chi connectivity index (χ0v) is 22.6. The summed E-state index contributed by atoms with van der Waals surface area (Å²) in [7, 11) is -0.651. The number of nitrogens with zero attached hydrogens (tertiary/aromatic N) is 3. The average Bonchev–Trinajstić information content (AvgIpc) is 3.74. The summed E-state index contributed by atoms with van der Waals surface area (Å²) >= 11 is 0. The van der Waals surface area contributed by atoms with Gasteiger partial charge in [-0.2, -0.15) is 0 Å². The van der Waals surface area contributed by atoms with Gasteiger partial charge >= 0.3 is 17.1 Å². The third kappa shape index (κ3) is 6.99. The maximum atomic E-state index is 4.47. The van der Waals surface area contributed by atoms with Gasteiger partial charge in [-0.25, -0.2) is 4.68 Å². The van der Waals surface area contributed by atoms with E-state index in [1.54, 1.807) is 0 Å². The van der Waals surface area contributed by atoms with Crippen LogP contribution in [-0.4, -0.2) is 15.0 Å². The summed E-state index contributed by atoms with van der Waals surface area (Å²) in [6.07, 6.45) is 18.7. The van der Waals surface area contributed by atoms with Gasteiger partial charge in [0.25, 0.3) is 0 Å². The molecule has 6 rings (SSSR count). The Kier molecular flexibility index (Phi) is 10.6. The molecule has 2 aliphatic carbocycles. The van der Waals surface area contributed by atoms with Crippen LogP contribution in [0.15, 0.2) is 97.2 Å². The van der Waals surface area contributed by atoms with E-state index in [9.17, 15) is 0 Å². The van der Waals surface area contributed by atoms with Gasteiger partial charge in [0.2, 0.25) is 0 Å². The molecule has 0 amide bonds. The molecule has 5 heteroatoms. The van der Waals surface area contributed by atoms with Crippen molar-refractivity contribution in [2.75, 3.05) is 0 Å². The molecule has 0 saturated heterocycles. The fourth-order valence-corrected chi connectivity index (χ4v) is 6.78. The van der Waals surface area contributed by atoms with Crippen molar-refractivity contribution in [2.24, 2.45) is 0 Å². The number of aromatic nitrogens is 3. The van der Waals surface area contributed by atoms with E-state index in [0.717, 1.165) is 11.3 Å². The van der Waals surface area contributed by atoms with Gasteiger partial charge in [-0.05, 0) is 76.8 Å². The molecule has 0 N–H and O–H groups in total. The fraction of sp³-hybridized carbons (Fsp3) is 0.0625. The predicted octanol–water partition coefficient (Wildman–Crippen LogP) is 6.39. The van der Waals surface area contributed by atoms with Gasteiger partial charge in [-0.1, -0.05) is 96.2 Å². The molecule has 0 aliphatic heterocycles. The van der Waals surface area contributed by atoms with Gasteiger partial charge in [0.1, 0.15) is 5.69 Å². The van der Waals surface area contributed by atoms with Gasteiger partial charge < -0.3 is 0 Å². The summed E-state index contributed by atoms with van der Waals surface area (Å²) < 4.78 is 1.98. The molecule has 1 atom stereocenters. The van der Waals surface area contributed by atoms with Crippen LogP contribution < -0.4 is 10.6 Å². The largest absolute Gasteiger partial charge is 2.00 e. The van der Waals surface area contributed by atoms with Crippen molar-refractivity contribution in [3.05, 3.63) is 160 Å². The van der Waals surface area contributed by atoms with E-state index >= 15 is 0 Å². The first-order valence-electron chi connectivity index (χ1n) is 12.1. The molecular formula is C32H28FeN3P+2. The molecule has 182 valence electrons. The molecule has 3 aromatic carbocycles. The number of rotatable bonds is 6. The van der Waals surface area contributed by atoms with Crippen LogP contribution >= 0.6 is 7.92 Å². The molecule has 2 saturated carbocycles. The van der Waals surface area contributed by atoms with E-state index in [-0.39, 0.29) is 23.1 Å². The molecule has 0 spiro atoms. The Morgan fingerprint density at radius 3 is 1.70 bits per heavy atom. The van der Waals surface area contributed by atoms with Crippen molar-refractivity contribution in [2.45, 2.75) is 13.0 Å². The number of benzene rings is 3. The number of hydrogen-bond donors (Lipinski definition) is 0. The van der Waals surface area contributed by atoms with E-state index in [1.807, 2.05) is 61.2 Å². The first kappa shape index (κ1) is 27.8. The standard InChI is InChI=1S/C27H23N3P.C5H5.Fe/c1-21(30-20-26(28-29-30)22-12-5-2-6-13-22)25-18-11-19-27(25)31(23-14-7-3-8-15-23)24-16-9-4-10-17-24;1-2-4-5-3-1;/h2-21H,1H3;1-5H;/q;;+2/t21-;;/m0../s1. The minimum absolute atomic E-state index is 0. The minimum atomic E-state index is -0.651. The number of hydrogen-bond acceptors (Lipinski definition) is 2. The van der Waals surface area contributed by atoms with E-state index in [1.165, 1.54) is 22.2 Å². The second kappa shape index (κ2) is 14.1. The van der Waals surface area contributed by atoms with Crippen LogP contribution in [0.25, 0.3) is 11.3 Å². The normalized spacial score (nSPS) is 16.7. The van der Waals surface area contributed by atoms with Crippen LogP contribution in [-0.2, 0) is 17.1 Å². The van der Waals surface area contributed by atoms with Crippen molar-refractivity contribution < 1.29 is 17.1 Å². The topological polar surface area (TPSA) is 30.7 Å². The Bertz CT molecular complexity index is 1130. The Balaban J connectivity index is 0.000000479. The van der Waals surface area contributed by atoms with Gasteiger partial charge in [0.05, 0.1) is 12.2 Å². The van der Waals surface area contributed by atoms with Gasteiger partial charge in [-0.3, -0.25) is 0 Å². The van der Waals surface area contributed by atoms with Crippen LogP contribution in [0.1, 0.15) is 13.0 Å². The smallest absolute Gasteiger partial charge is 0.249 e. The van der Waals surface area contributed by atoms with Crippen molar-refractivity contribution >= 4 is 18.5 Å². The average molecular weight is 541 g/mol. The Morgan fingerprint density at radius 2 is 1.16 bits per heavy atom. The van der Waals surface area contributed by atoms with Gasteiger partial charge in [0.15, 0.2) is 0 Å². The predicted molar refractivity (Wildman–Crippen MR) is 150 cm³/mol. The second-order valence-corrected chi connectivity index (χ2v) is 10.6. The Labute approximate surface area is 234 Å². The van der Waals surface area contributed by atoms with Crippen LogP contribution in [0.4, 0.5) is 0 Å². The SMILES string of the molecule is C[C@@H]([C]1[CH][CH][CH][C]1P(c1ccccc1)c1ccccc1)n1cc(-c2ccccc2)nn1.[CH]1[CH][CH][CH][CH]1.[Fe+2]. The molecule has 2 fully saturated rings. The summed E-state index contributed by atoms with van der Waals surface area (Å²) in [5, 5.41) is 11.6. The quantitative estimate of drug-likeness (QED) is 0.209. The minimum Gasteiger partial charge on any atom is -0.249 e. The first-order valence-corrected chi connectivity index (χ1v) is 13.4. The Morgan fingerprint density at radius 1 is 0.649 bits per heavy atom. The third-order valence-corrected chi connectivity index (χ3v) is 8.60. The van der Waals surface area contributed by atoms with E-state index in [0.29, 0.717) is 0 Å². The molecule has 37 heavy (non-hydrogen) atoms. The molecule has 10 radical (unpaired) electrons. The molecule has 0 bridgehead atoms. The summed E-state index contributed by atoms with van der Waals surface area (Å²) in [6, 6.07) is 31.9. The van der Waals surface area contributed by atoms with E-state index in [4.69, 9.17) is 0 Å². The zero-order valence-electron chi connectivity index (χ0n) is 20.6. The second-order valence-electron chi connectivity index (χ2n) is 8.46. The van der Waals surface area contributed by atoms with E-state index < -0.39 is 7.92 Å². The van der Waals surface area contributed by atoms with Crippen LogP contribution in [0.5, 0.6) is 0 Å². The Hall–Kier alpha value is -2.25. The summed E-state index contributed by atoms with van der Waals surface area (Å²) in [4.78, 5) is 0. The maximum Gasteiger partial charge on any atom is 2.00 e. The molecule has 3 nitrogen and oxygen atoms in total. The summed E-state index contributed by atoms with van der Waals surface area (Å²) in [5.41, 5.74) is 3.35. The fourth-order valence-electron chi connectivity index (χ4n) is 4.23. The zero-order chi connectivity index (χ0) is 24.6. The molecular weight excluding hydrogens is 513 g/mol. The molecule has 1 heterocycles. The summed E-state index contributed by atoms with van der Waals surface area (Å²) in [5.74, 6) is 1.29.